The van der Waals surface area contributed by atoms with Crippen molar-refractivity contribution in [2.75, 3.05) is 50.0 Å². The van der Waals surface area contributed by atoms with Crippen molar-refractivity contribution in [1.29, 1.82) is 0 Å². The Morgan fingerprint density at radius 3 is 2.48 bits per heavy atom. The Labute approximate surface area is 362 Å². The molecule has 0 atom stereocenters. The van der Waals surface area contributed by atoms with E-state index in [0.717, 1.165) is 59.4 Å². The third kappa shape index (κ3) is 10.4. The van der Waals surface area contributed by atoms with Crippen LogP contribution in [0.2, 0.25) is 0 Å². The predicted octanol–water partition coefficient (Wildman–Crippen LogP) is 6.87. The van der Waals surface area contributed by atoms with Crippen LogP contribution in [0.3, 0.4) is 0 Å². The molecule has 0 aliphatic carbocycles. The van der Waals surface area contributed by atoms with Crippen LogP contribution in [0.5, 0.6) is 5.88 Å². The Kier molecular flexibility index (Phi) is 13.1. The van der Waals surface area contributed by atoms with Gasteiger partial charge in [0, 0.05) is 60.8 Å². The zero-order valence-electron chi connectivity index (χ0n) is 34.8. The van der Waals surface area contributed by atoms with E-state index in [9.17, 15) is 14.4 Å². The fourth-order valence-corrected chi connectivity index (χ4v) is 8.03. The summed E-state index contributed by atoms with van der Waals surface area (Å²) in [4.78, 5) is 60.1. The topological polar surface area (TPSA) is 170 Å². The van der Waals surface area contributed by atoms with Crippen molar-refractivity contribution in [2.45, 2.75) is 33.1 Å². The maximum atomic E-state index is 13.5. The number of aromatic nitrogens is 6. The molecule has 4 aromatic heterocycles. The molecule has 3 aromatic carbocycles. The second-order valence-corrected chi connectivity index (χ2v) is 16.6. The molecule has 62 heavy (non-hydrogen) atoms. The number of aryl methyl sites for hydroxylation is 2. The number of benzene rings is 3. The summed E-state index contributed by atoms with van der Waals surface area (Å²) in [5.41, 5.74) is 5.71. The summed E-state index contributed by atoms with van der Waals surface area (Å²) in [7, 11) is 1.74. The number of anilines is 2. The van der Waals surface area contributed by atoms with Crippen molar-refractivity contribution < 1.29 is 24.0 Å². The molecule has 7 aromatic rings. The molecule has 1 aliphatic heterocycles. The number of nitrogens with zero attached hydrogens (tertiary/aromatic N) is 7. The first-order valence-corrected chi connectivity index (χ1v) is 21.5. The molecule has 16 heteroatoms. The van der Waals surface area contributed by atoms with Crippen LogP contribution in [0.4, 0.5) is 10.8 Å². The lowest BCUT2D eigenvalue weighted by atomic mass is 10.1. The first-order chi connectivity index (χ1) is 30.1. The lowest BCUT2D eigenvalue weighted by Gasteiger charge is -2.26. The Balaban J connectivity index is 0.897. The van der Waals surface area contributed by atoms with Gasteiger partial charge >= 0.3 is 0 Å². The van der Waals surface area contributed by atoms with Crippen LogP contribution in [0.1, 0.15) is 62.8 Å². The van der Waals surface area contributed by atoms with Crippen LogP contribution in [-0.4, -0.2) is 91.7 Å². The van der Waals surface area contributed by atoms with E-state index in [-0.39, 0.29) is 24.1 Å². The Morgan fingerprint density at radius 1 is 0.903 bits per heavy atom. The zero-order chi connectivity index (χ0) is 43.0. The second kappa shape index (κ2) is 19.3. The fourth-order valence-electron chi connectivity index (χ4n) is 7.04. The number of thiazole rings is 1. The van der Waals surface area contributed by atoms with Crippen LogP contribution in [0.25, 0.3) is 34.1 Å². The SMILES string of the molecule is CC(C)CCc1sc(NC(=O)c2cc(NC(=O)c3ccc(/C=C/c4cc5ccccc5nc4On4nnc5ccccc54)cc3)cn2C)nc1CC(=O)NCCN1CCOCC1. The highest BCUT2D eigenvalue weighted by molar-refractivity contribution is 7.15. The highest BCUT2D eigenvalue weighted by Crippen LogP contribution is 2.28. The molecule has 8 rings (SSSR count). The van der Waals surface area contributed by atoms with Crippen LogP contribution < -0.4 is 20.8 Å². The van der Waals surface area contributed by atoms with Gasteiger partial charge in [0.1, 0.15) is 16.7 Å². The maximum Gasteiger partial charge on any atom is 0.274 e. The van der Waals surface area contributed by atoms with E-state index in [0.29, 0.717) is 70.4 Å². The van der Waals surface area contributed by atoms with Crippen LogP contribution in [0, 0.1) is 5.92 Å². The van der Waals surface area contributed by atoms with Gasteiger partial charge in [0.25, 0.3) is 17.7 Å². The average molecular weight is 853 g/mol. The fraction of sp³-hybridized carbons (Fsp3) is 0.283. The Bertz CT molecular complexity index is 2730. The van der Waals surface area contributed by atoms with E-state index in [4.69, 9.17) is 19.5 Å². The molecule has 15 nitrogen and oxygen atoms in total. The smallest absolute Gasteiger partial charge is 0.274 e. The number of para-hydroxylation sites is 2. The Hall–Kier alpha value is -6.75. The van der Waals surface area contributed by atoms with Gasteiger partial charge in [-0.05, 0) is 78.1 Å². The molecular weight excluding hydrogens is 805 g/mol. The van der Waals surface area contributed by atoms with Gasteiger partial charge in [-0.25, -0.2) is 9.97 Å². The van der Waals surface area contributed by atoms with E-state index < -0.39 is 0 Å². The first kappa shape index (κ1) is 42.0. The third-order valence-corrected chi connectivity index (χ3v) is 11.5. The molecule has 1 saturated heterocycles. The quantitative estimate of drug-likeness (QED) is 0.0933. The summed E-state index contributed by atoms with van der Waals surface area (Å²) >= 11 is 1.39. The van der Waals surface area contributed by atoms with Gasteiger partial charge in [0.05, 0.1) is 36.5 Å². The van der Waals surface area contributed by atoms with Crippen LogP contribution in [0.15, 0.2) is 91.1 Å². The molecular formula is C46H48N10O5S. The number of carbonyl (C=O) groups excluding carboxylic acids is 3. The van der Waals surface area contributed by atoms with Gasteiger partial charge in [-0.2, -0.15) is 0 Å². The standard InChI is InChI=1S/C46H48N10O5S/c1-30(2)12-19-41-38(28-42(57)47-20-21-55-22-24-60-25-23-55)50-46(62-41)51-44(59)40-27-35(29-54(40)3)48-43(58)32-16-13-31(14-17-32)15-18-34-26-33-8-4-5-9-36(33)49-45(34)61-56-39-11-7-6-10-37(39)52-53-56/h4-11,13-18,26-27,29-30H,12,19-25,28H2,1-3H3,(H,47,57)(H,48,58)(H,50,51,59)/b18-15+. The monoisotopic (exact) mass is 852 g/mol. The molecule has 3 amide bonds. The maximum absolute atomic E-state index is 13.5. The van der Waals surface area contributed by atoms with Crippen molar-refractivity contribution >= 4 is 74.0 Å². The molecule has 0 spiro atoms. The number of pyridine rings is 1. The summed E-state index contributed by atoms with van der Waals surface area (Å²) in [6, 6.07) is 26.1. The number of nitrogens with one attached hydrogen (secondary N) is 3. The number of amides is 3. The summed E-state index contributed by atoms with van der Waals surface area (Å²) in [6.45, 7) is 8.78. The van der Waals surface area contributed by atoms with Gasteiger partial charge in [0.15, 0.2) is 5.13 Å². The van der Waals surface area contributed by atoms with E-state index >= 15 is 0 Å². The van der Waals surface area contributed by atoms with Gasteiger partial charge in [0.2, 0.25) is 5.91 Å². The van der Waals surface area contributed by atoms with E-state index in [2.05, 4.69) is 45.0 Å². The van der Waals surface area contributed by atoms with E-state index in [1.165, 1.54) is 16.2 Å². The number of rotatable bonds is 16. The zero-order valence-corrected chi connectivity index (χ0v) is 35.7. The number of hydrogen-bond acceptors (Lipinski definition) is 11. The van der Waals surface area contributed by atoms with Crippen LogP contribution >= 0.6 is 11.3 Å². The number of morpholine rings is 1. The Morgan fingerprint density at radius 2 is 1.68 bits per heavy atom. The largest absolute Gasteiger partial charge is 0.379 e. The third-order valence-electron chi connectivity index (χ3n) is 10.5. The summed E-state index contributed by atoms with van der Waals surface area (Å²) in [6.07, 6.45) is 7.35. The summed E-state index contributed by atoms with van der Waals surface area (Å²) in [5.74, 6) is 0.0345. The van der Waals surface area contributed by atoms with Gasteiger partial charge < -0.3 is 24.8 Å². The minimum atomic E-state index is -0.375. The second-order valence-electron chi connectivity index (χ2n) is 15.5. The van der Waals surface area contributed by atoms with Crippen molar-refractivity contribution in [1.82, 2.24) is 39.9 Å². The highest BCUT2D eigenvalue weighted by Gasteiger charge is 2.20. The minimum absolute atomic E-state index is 0.0992. The molecule has 0 saturated carbocycles. The lowest BCUT2D eigenvalue weighted by molar-refractivity contribution is -0.120. The van der Waals surface area contributed by atoms with E-state index in [1.807, 2.05) is 78.9 Å². The predicted molar refractivity (Wildman–Crippen MR) is 241 cm³/mol. The number of fused-ring (bicyclic) bond motifs is 2. The molecule has 0 bridgehead atoms. The highest BCUT2D eigenvalue weighted by atomic mass is 32.1. The summed E-state index contributed by atoms with van der Waals surface area (Å²) in [5, 5.41) is 18.6. The van der Waals surface area contributed by atoms with Gasteiger partial charge in [-0.15, -0.1) is 16.4 Å². The molecule has 3 N–H and O–H groups in total. The molecule has 5 heterocycles. The number of carbonyl (C=O) groups is 3. The first-order valence-electron chi connectivity index (χ1n) is 20.7. The van der Waals surface area contributed by atoms with Crippen molar-refractivity contribution in [3.05, 3.63) is 124 Å². The summed E-state index contributed by atoms with van der Waals surface area (Å²) < 4.78 is 7.06. The lowest BCUT2D eigenvalue weighted by Crippen LogP contribution is -2.41. The molecule has 0 radical (unpaired) electrons. The molecule has 1 aliphatic rings. The minimum Gasteiger partial charge on any atom is -0.379 e. The molecule has 0 unspecified atom stereocenters. The average Bonchev–Trinajstić information content (AvgIpc) is 3.98. The van der Waals surface area contributed by atoms with Gasteiger partial charge in [-0.3, -0.25) is 24.6 Å². The van der Waals surface area contributed by atoms with Crippen molar-refractivity contribution in [3.63, 3.8) is 0 Å². The molecule has 1 fully saturated rings. The van der Waals surface area contributed by atoms with Crippen molar-refractivity contribution in [2.24, 2.45) is 13.0 Å². The molecule has 318 valence electrons. The number of ether oxygens (including phenoxy) is 1. The van der Waals surface area contributed by atoms with Crippen LogP contribution in [-0.2, 0) is 29.4 Å². The number of hydrogen-bond donors (Lipinski definition) is 3. The van der Waals surface area contributed by atoms with E-state index in [1.54, 1.807) is 36.0 Å². The van der Waals surface area contributed by atoms with Gasteiger partial charge in [-0.1, -0.05) is 67.2 Å². The normalized spacial score (nSPS) is 13.3. The van der Waals surface area contributed by atoms with Crippen molar-refractivity contribution in [3.8, 4) is 5.88 Å².